The maximum atomic E-state index is 12.7. The van der Waals surface area contributed by atoms with Gasteiger partial charge in [0.15, 0.2) is 5.96 Å². The minimum Gasteiger partial charge on any atom is -0.434 e. The maximum absolute atomic E-state index is 12.7. The van der Waals surface area contributed by atoms with Crippen LogP contribution >= 0.6 is 0 Å². The van der Waals surface area contributed by atoms with Gasteiger partial charge in [0.2, 0.25) is 0 Å². The number of imidazole rings is 1. The highest BCUT2D eigenvalue weighted by molar-refractivity contribution is 5.79. The summed E-state index contributed by atoms with van der Waals surface area (Å²) in [7, 11) is 1.66. The Bertz CT molecular complexity index is 1000. The third kappa shape index (κ3) is 7.08. The zero-order valence-corrected chi connectivity index (χ0v) is 18.4. The van der Waals surface area contributed by atoms with E-state index in [1.807, 2.05) is 25.3 Å². The molecule has 6 nitrogen and oxygen atoms in total. The van der Waals surface area contributed by atoms with E-state index in [-0.39, 0.29) is 5.75 Å². The van der Waals surface area contributed by atoms with Gasteiger partial charge in [-0.3, -0.25) is 4.99 Å². The highest BCUT2D eigenvalue weighted by Gasteiger charge is 2.11. The van der Waals surface area contributed by atoms with Gasteiger partial charge in [0.05, 0.1) is 6.54 Å². The van der Waals surface area contributed by atoms with Crippen LogP contribution in [0.1, 0.15) is 28.9 Å². The summed E-state index contributed by atoms with van der Waals surface area (Å²) >= 11 is 0. The summed E-state index contributed by atoms with van der Waals surface area (Å²) in [5.41, 5.74) is 2.92. The molecule has 0 unspecified atom stereocenters. The minimum atomic E-state index is -2.87. The molecule has 32 heavy (non-hydrogen) atoms. The Kier molecular flexibility index (Phi) is 8.60. The second kappa shape index (κ2) is 11.8. The van der Waals surface area contributed by atoms with Gasteiger partial charge in [-0.25, -0.2) is 4.98 Å². The van der Waals surface area contributed by atoms with Crippen LogP contribution in [-0.2, 0) is 26.1 Å². The fraction of sp³-hybridized carbons (Fsp3) is 0.333. The monoisotopic (exact) mass is 441 g/mol. The molecule has 0 saturated carbocycles. The van der Waals surface area contributed by atoms with Gasteiger partial charge in [-0.05, 0) is 31.4 Å². The van der Waals surface area contributed by atoms with Crippen LogP contribution in [0, 0.1) is 6.92 Å². The third-order valence-corrected chi connectivity index (χ3v) is 5.02. The second-order valence-corrected chi connectivity index (χ2v) is 7.40. The molecule has 8 heteroatoms. The Morgan fingerprint density at radius 1 is 1.12 bits per heavy atom. The normalized spacial score (nSPS) is 11.6. The molecule has 3 rings (SSSR count). The van der Waals surface area contributed by atoms with Crippen molar-refractivity contribution >= 4 is 5.96 Å². The Balaban J connectivity index is 1.51. The molecule has 0 bridgehead atoms. The smallest absolute Gasteiger partial charge is 0.387 e. The first kappa shape index (κ1) is 23.2. The average molecular weight is 442 g/mol. The topological polar surface area (TPSA) is 63.5 Å². The van der Waals surface area contributed by atoms with Crippen molar-refractivity contribution < 1.29 is 13.5 Å². The fourth-order valence-electron chi connectivity index (χ4n) is 3.43. The van der Waals surface area contributed by atoms with E-state index in [0.717, 1.165) is 30.8 Å². The van der Waals surface area contributed by atoms with Gasteiger partial charge < -0.3 is 19.9 Å². The molecule has 0 radical (unpaired) electrons. The molecule has 0 aliphatic carbocycles. The summed E-state index contributed by atoms with van der Waals surface area (Å²) in [6.07, 6.45) is 5.78. The van der Waals surface area contributed by atoms with Gasteiger partial charge in [-0.1, -0.05) is 48.0 Å². The number of benzene rings is 2. The summed E-state index contributed by atoms with van der Waals surface area (Å²) in [5, 5.41) is 6.38. The van der Waals surface area contributed by atoms with Crippen molar-refractivity contribution in [3.63, 3.8) is 0 Å². The highest BCUT2D eigenvalue weighted by atomic mass is 19.3. The second-order valence-electron chi connectivity index (χ2n) is 7.40. The van der Waals surface area contributed by atoms with Gasteiger partial charge in [0, 0.05) is 38.1 Å². The lowest BCUT2D eigenvalue weighted by atomic mass is 10.1. The van der Waals surface area contributed by atoms with Crippen molar-refractivity contribution in [2.75, 3.05) is 7.05 Å². The minimum absolute atomic E-state index is 0.155. The number of aryl methyl sites for hydroxylation is 3. The number of ether oxygens (including phenoxy) is 1. The van der Waals surface area contributed by atoms with Crippen molar-refractivity contribution in [1.82, 2.24) is 20.2 Å². The molecule has 0 atom stereocenters. The van der Waals surface area contributed by atoms with Crippen LogP contribution in [0.25, 0.3) is 0 Å². The molecular weight excluding hydrogens is 412 g/mol. The van der Waals surface area contributed by atoms with Gasteiger partial charge in [0.1, 0.15) is 11.6 Å². The molecule has 0 aliphatic heterocycles. The summed E-state index contributed by atoms with van der Waals surface area (Å²) in [6.45, 7) is 0.700. The molecule has 0 fully saturated rings. The lowest BCUT2D eigenvalue weighted by molar-refractivity contribution is -0.0504. The van der Waals surface area contributed by atoms with Gasteiger partial charge in [0.25, 0.3) is 0 Å². The number of halogens is 2. The Labute approximate surface area is 187 Å². The predicted octanol–water partition coefficient (Wildman–Crippen LogP) is 4.29. The maximum Gasteiger partial charge on any atom is 0.387 e. The number of nitrogens with zero attached hydrogens (tertiary/aromatic N) is 3. The third-order valence-electron chi connectivity index (χ3n) is 5.02. The quantitative estimate of drug-likeness (QED) is 0.364. The largest absolute Gasteiger partial charge is 0.434 e. The van der Waals surface area contributed by atoms with E-state index in [9.17, 15) is 8.78 Å². The lowest BCUT2D eigenvalue weighted by Gasteiger charge is -2.15. The first-order valence-corrected chi connectivity index (χ1v) is 10.6. The van der Waals surface area contributed by atoms with Gasteiger partial charge in [-0.15, -0.1) is 0 Å². The summed E-state index contributed by atoms with van der Waals surface area (Å²) in [4.78, 5) is 8.65. The summed E-state index contributed by atoms with van der Waals surface area (Å²) in [5.74, 6) is 1.61. The summed E-state index contributed by atoms with van der Waals surface area (Å²) in [6, 6.07) is 15.5. The number of hydrogen-bond acceptors (Lipinski definition) is 3. The van der Waals surface area contributed by atoms with E-state index in [0.29, 0.717) is 24.6 Å². The molecule has 2 aromatic carbocycles. The average Bonchev–Trinajstić information content (AvgIpc) is 3.23. The first-order valence-electron chi connectivity index (χ1n) is 10.6. The van der Waals surface area contributed by atoms with Crippen LogP contribution in [0.4, 0.5) is 8.78 Å². The zero-order valence-electron chi connectivity index (χ0n) is 18.4. The fourth-order valence-corrected chi connectivity index (χ4v) is 3.43. The number of rotatable bonds is 10. The first-order chi connectivity index (χ1) is 15.5. The van der Waals surface area contributed by atoms with E-state index >= 15 is 0 Å². The van der Waals surface area contributed by atoms with Gasteiger partial charge in [-0.2, -0.15) is 8.78 Å². The molecule has 1 aromatic heterocycles. The molecular formula is C24H29F2N5O. The Morgan fingerprint density at radius 2 is 1.91 bits per heavy atom. The number of hydrogen-bond donors (Lipinski definition) is 2. The number of aliphatic imine (C=N–C) groups is 1. The van der Waals surface area contributed by atoms with Crippen LogP contribution in [-0.4, -0.2) is 29.2 Å². The van der Waals surface area contributed by atoms with Crippen molar-refractivity contribution in [1.29, 1.82) is 0 Å². The lowest BCUT2D eigenvalue weighted by Crippen LogP contribution is -2.37. The summed E-state index contributed by atoms with van der Waals surface area (Å²) < 4.78 is 32.1. The Morgan fingerprint density at radius 3 is 2.66 bits per heavy atom. The molecule has 0 amide bonds. The van der Waals surface area contributed by atoms with Crippen molar-refractivity contribution in [2.45, 2.75) is 46.0 Å². The van der Waals surface area contributed by atoms with E-state index < -0.39 is 6.61 Å². The van der Waals surface area contributed by atoms with Crippen LogP contribution < -0.4 is 15.4 Å². The molecule has 0 saturated heterocycles. The molecule has 1 heterocycles. The zero-order chi connectivity index (χ0) is 22.8. The van der Waals surface area contributed by atoms with Gasteiger partial charge >= 0.3 is 6.61 Å². The number of aromatic nitrogens is 2. The molecule has 170 valence electrons. The van der Waals surface area contributed by atoms with Crippen LogP contribution in [0.2, 0.25) is 0 Å². The number of nitrogens with one attached hydrogen (secondary N) is 2. The molecule has 0 spiro atoms. The van der Waals surface area contributed by atoms with E-state index in [1.165, 1.54) is 5.56 Å². The van der Waals surface area contributed by atoms with E-state index in [1.54, 1.807) is 25.4 Å². The number of alkyl halides is 2. The van der Waals surface area contributed by atoms with Crippen molar-refractivity contribution in [3.05, 3.63) is 83.4 Å². The number of guanidine groups is 1. The van der Waals surface area contributed by atoms with E-state index in [2.05, 4.69) is 54.2 Å². The van der Waals surface area contributed by atoms with Crippen LogP contribution in [0.3, 0.4) is 0 Å². The molecule has 3 aromatic rings. The van der Waals surface area contributed by atoms with Crippen molar-refractivity contribution in [3.8, 4) is 5.75 Å². The van der Waals surface area contributed by atoms with Crippen LogP contribution in [0.15, 0.2) is 65.9 Å². The van der Waals surface area contributed by atoms with Crippen molar-refractivity contribution in [2.24, 2.45) is 4.99 Å². The van der Waals surface area contributed by atoms with E-state index in [4.69, 9.17) is 0 Å². The molecule has 2 N–H and O–H groups in total. The SMILES string of the molecule is CN=C(NCc1cc(C)ccc1OC(F)F)NCc1nccn1CCCc1ccccc1. The Hall–Kier alpha value is -3.42. The highest BCUT2D eigenvalue weighted by Crippen LogP contribution is 2.22. The molecule has 0 aliphatic rings. The standard InChI is InChI=1S/C24H29F2N5O/c1-18-10-11-21(32-23(25)26)20(15-18)16-29-24(27-2)30-17-22-28-12-14-31(22)13-6-9-19-7-4-3-5-8-19/h3-5,7-8,10-12,14-15,23H,6,9,13,16-17H2,1-2H3,(H2,27,29,30). The predicted molar refractivity (Wildman–Crippen MR) is 122 cm³/mol. The van der Waals surface area contributed by atoms with Crippen LogP contribution in [0.5, 0.6) is 5.75 Å².